The Bertz CT molecular complexity index is 1200. The van der Waals surface area contributed by atoms with Gasteiger partial charge in [0.05, 0.1) is 5.56 Å². The Balaban J connectivity index is 2.07. The Labute approximate surface area is 176 Å². The van der Waals surface area contributed by atoms with Gasteiger partial charge in [-0.1, -0.05) is 55.5 Å². The number of ether oxygens (including phenoxy) is 1. The van der Waals surface area contributed by atoms with E-state index in [1.54, 1.807) is 31.2 Å². The lowest BCUT2D eigenvalue weighted by Crippen LogP contribution is -2.06. The summed E-state index contributed by atoms with van der Waals surface area (Å²) < 4.78 is 30.9. The average molecular weight is 425 g/mol. The number of hydrogen-bond acceptors (Lipinski definition) is 4. The first-order valence-electron chi connectivity index (χ1n) is 9.59. The molecule has 0 radical (unpaired) electrons. The number of benzene rings is 3. The molecule has 0 aliphatic carbocycles. The number of carboxylic acid groups (broad SMARTS) is 1. The van der Waals surface area contributed by atoms with Gasteiger partial charge in [0.15, 0.2) is 9.84 Å². The van der Waals surface area contributed by atoms with Crippen molar-refractivity contribution < 1.29 is 23.1 Å². The molecule has 0 saturated carbocycles. The van der Waals surface area contributed by atoms with Crippen LogP contribution in [0.25, 0.3) is 11.1 Å². The van der Waals surface area contributed by atoms with E-state index < -0.39 is 15.8 Å². The highest BCUT2D eigenvalue weighted by atomic mass is 32.2. The molecule has 0 unspecified atom stereocenters. The number of rotatable bonds is 7. The predicted octanol–water partition coefficient (Wildman–Crippen LogP) is 4.91. The predicted molar refractivity (Wildman–Crippen MR) is 117 cm³/mol. The van der Waals surface area contributed by atoms with Crippen molar-refractivity contribution in [2.45, 2.75) is 31.8 Å². The van der Waals surface area contributed by atoms with Gasteiger partial charge in [0.25, 0.3) is 0 Å². The van der Waals surface area contributed by atoms with Gasteiger partial charge in [-0.3, -0.25) is 0 Å². The van der Waals surface area contributed by atoms with Crippen LogP contribution in [-0.2, 0) is 22.9 Å². The molecule has 0 saturated heterocycles. The third-order valence-electron chi connectivity index (χ3n) is 4.97. The van der Waals surface area contributed by atoms with Crippen LogP contribution in [0.5, 0.6) is 5.75 Å². The highest BCUT2D eigenvalue weighted by Gasteiger charge is 2.20. The number of carboxylic acids is 1. The second kappa shape index (κ2) is 8.71. The number of carbonyl (C=O) groups is 1. The summed E-state index contributed by atoms with van der Waals surface area (Å²) in [5.41, 5.74) is 4.35. The quantitative estimate of drug-likeness (QED) is 0.583. The molecule has 6 heteroatoms. The summed E-state index contributed by atoms with van der Waals surface area (Å²) in [5, 5.41) is 9.20. The van der Waals surface area contributed by atoms with Crippen LogP contribution in [-0.4, -0.2) is 25.7 Å². The van der Waals surface area contributed by atoms with Gasteiger partial charge >= 0.3 is 5.97 Å². The zero-order valence-corrected chi connectivity index (χ0v) is 18.0. The van der Waals surface area contributed by atoms with Crippen LogP contribution in [0, 0.1) is 6.92 Å². The second-order valence-electron chi connectivity index (χ2n) is 7.16. The molecule has 0 aliphatic heterocycles. The van der Waals surface area contributed by atoms with Crippen LogP contribution in [0.3, 0.4) is 0 Å². The second-order valence-corrected chi connectivity index (χ2v) is 9.14. The van der Waals surface area contributed by atoms with Gasteiger partial charge in [-0.05, 0) is 47.7 Å². The normalized spacial score (nSPS) is 11.3. The minimum Gasteiger partial charge on any atom is -0.487 e. The SMILES string of the molecule is CCc1ccccc1-c1cccc(S(C)(=O)=O)c1OCc1ccc(C(=O)O)c(C)c1. The first-order valence-corrected chi connectivity index (χ1v) is 11.5. The number of aromatic carboxylic acids is 1. The first kappa shape index (κ1) is 21.6. The molecule has 0 amide bonds. The van der Waals surface area contributed by atoms with Crippen molar-refractivity contribution in [2.24, 2.45) is 0 Å². The van der Waals surface area contributed by atoms with E-state index in [9.17, 15) is 18.3 Å². The summed E-state index contributed by atoms with van der Waals surface area (Å²) in [7, 11) is -3.52. The maximum absolute atomic E-state index is 12.4. The third-order valence-corrected chi connectivity index (χ3v) is 6.09. The molecule has 0 aromatic heterocycles. The highest BCUT2D eigenvalue weighted by Crippen LogP contribution is 2.38. The fraction of sp³-hybridized carbons (Fsp3) is 0.208. The van der Waals surface area contributed by atoms with Crippen molar-refractivity contribution in [1.29, 1.82) is 0 Å². The molecule has 0 fully saturated rings. The molecule has 5 nitrogen and oxygen atoms in total. The minimum atomic E-state index is -3.52. The number of sulfone groups is 1. The van der Waals surface area contributed by atoms with E-state index in [1.807, 2.05) is 37.3 Å². The van der Waals surface area contributed by atoms with E-state index in [0.717, 1.165) is 29.4 Å². The van der Waals surface area contributed by atoms with Crippen LogP contribution in [0.15, 0.2) is 65.6 Å². The van der Waals surface area contributed by atoms with E-state index in [2.05, 4.69) is 0 Å². The summed E-state index contributed by atoms with van der Waals surface area (Å²) in [4.78, 5) is 11.4. The summed E-state index contributed by atoms with van der Waals surface area (Å²) in [6.07, 6.45) is 1.96. The molecule has 3 rings (SSSR count). The molecule has 1 N–H and O–H groups in total. The molecular formula is C24H24O5S. The van der Waals surface area contributed by atoms with Crippen LogP contribution in [0.4, 0.5) is 0 Å². The van der Waals surface area contributed by atoms with Gasteiger partial charge < -0.3 is 9.84 Å². The molecule has 0 aliphatic rings. The van der Waals surface area contributed by atoms with E-state index in [1.165, 1.54) is 6.07 Å². The molecule has 0 atom stereocenters. The van der Waals surface area contributed by atoms with Crippen molar-refractivity contribution in [2.75, 3.05) is 6.26 Å². The van der Waals surface area contributed by atoms with Crippen LogP contribution < -0.4 is 4.74 Å². The first-order chi connectivity index (χ1) is 14.2. The van der Waals surface area contributed by atoms with E-state index in [0.29, 0.717) is 16.9 Å². The lowest BCUT2D eigenvalue weighted by Gasteiger charge is -2.17. The largest absolute Gasteiger partial charge is 0.487 e. The van der Waals surface area contributed by atoms with Crippen molar-refractivity contribution >= 4 is 15.8 Å². The lowest BCUT2D eigenvalue weighted by atomic mass is 9.97. The Hall–Kier alpha value is -3.12. The molecule has 3 aromatic carbocycles. The molecule has 30 heavy (non-hydrogen) atoms. The Kier molecular flexibility index (Phi) is 6.27. The molecule has 3 aromatic rings. The van der Waals surface area contributed by atoms with E-state index >= 15 is 0 Å². The summed E-state index contributed by atoms with van der Waals surface area (Å²) in [5.74, 6) is -0.679. The third kappa shape index (κ3) is 4.54. The Morgan fingerprint density at radius 1 is 1.00 bits per heavy atom. The van der Waals surface area contributed by atoms with Crippen molar-refractivity contribution in [3.8, 4) is 16.9 Å². The van der Waals surface area contributed by atoms with Crippen LogP contribution in [0.2, 0.25) is 0 Å². The van der Waals surface area contributed by atoms with Crippen molar-refractivity contribution in [3.63, 3.8) is 0 Å². The molecular weight excluding hydrogens is 400 g/mol. The summed E-state index contributed by atoms with van der Waals surface area (Å²) in [6.45, 7) is 3.89. The topological polar surface area (TPSA) is 80.7 Å². The number of hydrogen-bond donors (Lipinski definition) is 1. The molecule has 156 valence electrons. The van der Waals surface area contributed by atoms with Crippen LogP contribution >= 0.6 is 0 Å². The maximum atomic E-state index is 12.4. The fourth-order valence-corrected chi connectivity index (χ4v) is 4.30. The Morgan fingerprint density at radius 3 is 2.33 bits per heavy atom. The van der Waals surface area contributed by atoms with Crippen LogP contribution in [0.1, 0.15) is 34.0 Å². The van der Waals surface area contributed by atoms with E-state index in [4.69, 9.17) is 4.74 Å². The van der Waals surface area contributed by atoms with Gasteiger partial charge in [-0.25, -0.2) is 13.2 Å². The minimum absolute atomic E-state index is 0.120. The maximum Gasteiger partial charge on any atom is 0.335 e. The number of aryl methyl sites for hydroxylation is 2. The fourth-order valence-electron chi connectivity index (χ4n) is 3.47. The zero-order chi connectivity index (χ0) is 21.9. The summed E-state index contributed by atoms with van der Waals surface area (Å²) in [6, 6.07) is 17.9. The van der Waals surface area contributed by atoms with E-state index in [-0.39, 0.29) is 17.1 Å². The van der Waals surface area contributed by atoms with Gasteiger partial charge in [-0.2, -0.15) is 0 Å². The monoisotopic (exact) mass is 424 g/mol. The zero-order valence-electron chi connectivity index (χ0n) is 17.2. The van der Waals surface area contributed by atoms with Gasteiger partial charge in [0, 0.05) is 11.8 Å². The lowest BCUT2D eigenvalue weighted by molar-refractivity contribution is 0.0696. The molecule has 0 heterocycles. The molecule has 0 spiro atoms. The van der Waals surface area contributed by atoms with Gasteiger partial charge in [0.2, 0.25) is 0 Å². The Morgan fingerprint density at radius 2 is 1.70 bits per heavy atom. The number of para-hydroxylation sites is 1. The smallest absolute Gasteiger partial charge is 0.335 e. The van der Waals surface area contributed by atoms with Gasteiger partial charge in [-0.15, -0.1) is 0 Å². The average Bonchev–Trinajstić information content (AvgIpc) is 2.71. The summed E-state index contributed by atoms with van der Waals surface area (Å²) >= 11 is 0. The van der Waals surface area contributed by atoms with Crippen molar-refractivity contribution in [3.05, 3.63) is 82.9 Å². The molecule has 0 bridgehead atoms. The highest BCUT2D eigenvalue weighted by molar-refractivity contribution is 7.90. The van der Waals surface area contributed by atoms with Crippen molar-refractivity contribution in [1.82, 2.24) is 0 Å². The van der Waals surface area contributed by atoms with Gasteiger partial charge in [0.1, 0.15) is 17.3 Å². The standard InChI is InChI=1S/C24H24O5S/c1-4-18-8-5-6-9-20(18)21-10-7-11-22(30(3,27)28)23(21)29-15-17-12-13-19(24(25)26)16(2)14-17/h5-14H,4,15H2,1-3H3,(H,25,26).